The van der Waals surface area contributed by atoms with Crippen molar-refractivity contribution in [1.82, 2.24) is 10.1 Å². The van der Waals surface area contributed by atoms with Gasteiger partial charge >= 0.3 is 0 Å². The van der Waals surface area contributed by atoms with Crippen LogP contribution >= 0.6 is 0 Å². The van der Waals surface area contributed by atoms with Crippen molar-refractivity contribution in [2.24, 2.45) is 0 Å². The van der Waals surface area contributed by atoms with E-state index in [-0.39, 0.29) is 12.7 Å². The van der Waals surface area contributed by atoms with Crippen LogP contribution in [0.25, 0.3) is 0 Å². The molecule has 1 atom stereocenters. The number of nitrogens with zero attached hydrogens (tertiary/aromatic N) is 2. The fraction of sp³-hybridized carbons (Fsp3) is 0.385. The van der Waals surface area contributed by atoms with Crippen LogP contribution in [0.5, 0.6) is 5.75 Å². The second kappa shape index (κ2) is 4.78. The highest BCUT2D eigenvalue weighted by Crippen LogP contribution is 2.32. The van der Waals surface area contributed by atoms with Crippen LogP contribution in [-0.2, 0) is 13.0 Å². The van der Waals surface area contributed by atoms with Gasteiger partial charge in [-0.15, -0.1) is 0 Å². The number of hydrogen-bond acceptors (Lipinski definition) is 5. The number of ether oxygens (including phenoxy) is 1. The molecule has 1 aromatic carbocycles. The summed E-state index contributed by atoms with van der Waals surface area (Å²) in [4.78, 5) is 3.88. The van der Waals surface area contributed by atoms with Crippen molar-refractivity contribution in [1.29, 1.82) is 0 Å². The minimum atomic E-state index is -0.373. The van der Waals surface area contributed by atoms with Crippen LogP contribution in [0.2, 0.25) is 0 Å². The Morgan fingerprint density at radius 1 is 1.44 bits per heavy atom. The quantitative estimate of drug-likeness (QED) is 0.897. The lowest BCUT2D eigenvalue weighted by Crippen LogP contribution is -2.09. The highest BCUT2D eigenvalue weighted by molar-refractivity contribution is 5.38. The van der Waals surface area contributed by atoms with E-state index in [1.807, 2.05) is 18.2 Å². The van der Waals surface area contributed by atoms with E-state index in [0.29, 0.717) is 5.82 Å². The molecular formula is C13H14N2O3. The Labute approximate surface area is 104 Å². The molecule has 0 radical (unpaired) electrons. The average molecular weight is 246 g/mol. The first-order chi connectivity index (χ1) is 8.83. The number of aryl methyl sites for hydroxylation is 1. The Balaban J connectivity index is 1.75. The predicted molar refractivity (Wildman–Crippen MR) is 63.0 cm³/mol. The molecule has 0 saturated carbocycles. The van der Waals surface area contributed by atoms with E-state index in [9.17, 15) is 5.11 Å². The van der Waals surface area contributed by atoms with Crippen LogP contribution in [0, 0.1) is 0 Å². The van der Waals surface area contributed by atoms with Gasteiger partial charge in [0, 0.05) is 0 Å². The molecule has 1 N–H and O–H groups in total. The summed E-state index contributed by atoms with van der Waals surface area (Å²) >= 11 is 0. The van der Waals surface area contributed by atoms with Gasteiger partial charge in [0.25, 0.3) is 0 Å². The highest BCUT2D eigenvalue weighted by Gasteiger charge is 2.18. The summed E-state index contributed by atoms with van der Waals surface area (Å²) in [7, 11) is 0. The van der Waals surface area contributed by atoms with Crippen molar-refractivity contribution in [2.75, 3.05) is 0 Å². The van der Waals surface area contributed by atoms with Gasteiger partial charge in [-0.1, -0.05) is 11.2 Å². The van der Waals surface area contributed by atoms with Gasteiger partial charge in [-0.25, -0.2) is 0 Å². The van der Waals surface area contributed by atoms with Crippen LogP contribution in [-0.4, -0.2) is 15.2 Å². The van der Waals surface area contributed by atoms with E-state index < -0.39 is 0 Å². The Kier molecular flexibility index (Phi) is 2.98. The molecule has 1 aromatic heterocycles. The third-order valence-electron chi connectivity index (χ3n) is 3.17. The maximum absolute atomic E-state index is 9.94. The van der Waals surface area contributed by atoms with Gasteiger partial charge in [0.2, 0.25) is 12.2 Å². The molecule has 0 aliphatic heterocycles. The molecule has 0 amide bonds. The molecule has 1 heterocycles. The summed E-state index contributed by atoms with van der Waals surface area (Å²) in [5, 5.41) is 13.6. The van der Waals surface area contributed by atoms with Crippen molar-refractivity contribution in [3.8, 4) is 5.75 Å². The molecule has 5 heteroatoms. The maximum atomic E-state index is 9.94. The minimum absolute atomic E-state index is 0.269. The van der Waals surface area contributed by atoms with Crippen molar-refractivity contribution < 1.29 is 14.4 Å². The lowest BCUT2D eigenvalue weighted by Gasteiger charge is -2.21. The molecule has 0 spiro atoms. The van der Waals surface area contributed by atoms with Crippen LogP contribution in [0.4, 0.5) is 0 Å². The lowest BCUT2D eigenvalue weighted by molar-refractivity contribution is 0.156. The van der Waals surface area contributed by atoms with Crippen molar-refractivity contribution >= 4 is 0 Å². The number of aromatic nitrogens is 2. The zero-order chi connectivity index (χ0) is 12.4. The summed E-state index contributed by atoms with van der Waals surface area (Å²) in [6.45, 7) is 0.269. The van der Waals surface area contributed by atoms with E-state index >= 15 is 0 Å². The van der Waals surface area contributed by atoms with Gasteiger partial charge in [0.1, 0.15) is 5.75 Å². The second-order valence-corrected chi connectivity index (χ2v) is 4.40. The Morgan fingerprint density at radius 2 is 2.39 bits per heavy atom. The van der Waals surface area contributed by atoms with E-state index in [1.54, 1.807) is 0 Å². The van der Waals surface area contributed by atoms with E-state index in [2.05, 4.69) is 14.7 Å². The molecule has 3 rings (SSSR count). The number of rotatable bonds is 3. The molecule has 2 aromatic rings. The molecule has 0 fully saturated rings. The highest BCUT2D eigenvalue weighted by atomic mass is 16.5. The first-order valence-electron chi connectivity index (χ1n) is 6.02. The van der Waals surface area contributed by atoms with Crippen LogP contribution < -0.4 is 4.74 Å². The SMILES string of the molecule is O[C@H]1CCCc2ccc(OCc3ncon3)cc21. The van der Waals surface area contributed by atoms with Crippen LogP contribution in [0.15, 0.2) is 29.1 Å². The molecular weight excluding hydrogens is 232 g/mol. The summed E-state index contributed by atoms with van der Waals surface area (Å²) in [5.41, 5.74) is 2.19. The van der Waals surface area contributed by atoms with E-state index in [4.69, 9.17) is 4.74 Å². The molecule has 5 nitrogen and oxygen atoms in total. The molecule has 0 bridgehead atoms. The standard InChI is InChI=1S/C13H14N2O3/c16-12-3-1-2-9-4-5-10(6-11(9)12)17-7-13-14-8-18-15-13/h4-6,8,12,16H,1-3,7H2/t12-/m0/s1. The van der Waals surface area contributed by atoms with Gasteiger partial charge in [-0.2, -0.15) is 4.98 Å². The first kappa shape index (κ1) is 11.2. The summed E-state index contributed by atoms with van der Waals surface area (Å²) in [6.07, 6.45) is 3.79. The first-order valence-corrected chi connectivity index (χ1v) is 6.02. The number of aliphatic hydroxyl groups is 1. The van der Waals surface area contributed by atoms with Gasteiger partial charge in [0.05, 0.1) is 6.10 Å². The van der Waals surface area contributed by atoms with Crippen LogP contribution in [0.3, 0.4) is 0 Å². The van der Waals surface area contributed by atoms with Crippen molar-refractivity contribution in [3.63, 3.8) is 0 Å². The lowest BCUT2D eigenvalue weighted by atomic mass is 9.89. The van der Waals surface area contributed by atoms with Gasteiger partial charge in [0.15, 0.2) is 6.61 Å². The topological polar surface area (TPSA) is 68.4 Å². The van der Waals surface area contributed by atoms with E-state index in [0.717, 1.165) is 30.6 Å². The zero-order valence-electron chi connectivity index (χ0n) is 9.87. The number of fused-ring (bicyclic) bond motifs is 1. The van der Waals surface area contributed by atoms with Crippen molar-refractivity contribution in [3.05, 3.63) is 41.5 Å². The molecule has 0 saturated heterocycles. The summed E-state index contributed by atoms with van der Waals surface area (Å²) in [6, 6.07) is 5.83. The smallest absolute Gasteiger partial charge is 0.213 e. The van der Waals surface area contributed by atoms with Gasteiger partial charge < -0.3 is 14.4 Å². The van der Waals surface area contributed by atoms with Gasteiger partial charge in [-0.3, -0.25) is 0 Å². The molecule has 94 valence electrons. The number of hydrogen-bond donors (Lipinski definition) is 1. The fourth-order valence-electron chi connectivity index (χ4n) is 2.25. The molecule has 1 aliphatic rings. The van der Waals surface area contributed by atoms with Crippen molar-refractivity contribution in [2.45, 2.75) is 32.0 Å². The molecule has 0 unspecified atom stereocenters. The number of aliphatic hydroxyl groups excluding tert-OH is 1. The minimum Gasteiger partial charge on any atom is -0.485 e. The van der Waals surface area contributed by atoms with Gasteiger partial charge in [-0.05, 0) is 42.5 Å². The third-order valence-corrected chi connectivity index (χ3v) is 3.17. The Morgan fingerprint density at radius 3 is 3.22 bits per heavy atom. The average Bonchev–Trinajstić information content (AvgIpc) is 2.90. The number of benzene rings is 1. The second-order valence-electron chi connectivity index (χ2n) is 4.40. The summed E-state index contributed by atoms with van der Waals surface area (Å²) < 4.78 is 10.2. The summed E-state index contributed by atoms with van der Waals surface area (Å²) in [5.74, 6) is 1.23. The fourth-order valence-corrected chi connectivity index (χ4v) is 2.25. The Hall–Kier alpha value is -1.88. The monoisotopic (exact) mass is 246 g/mol. The Bertz CT molecular complexity index is 525. The predicted octanol–water partition coefficient (Wildman–Crippen LogP) is 2.02. The maximum Gasteiger partial charge on any atom is 0.213 e. The van der Waals surface area contributed by atoms with Crippen LogP contribution in [0.1, 0.15) is 35.9 Å². The molecule has 1 aliphatic carbocycles. The normalized spacial score (nSPS) is 18.4. The van der Waals surface area contributed by atoms with E-state index in [1.165, 1.54) is 12.0 Å². The largest absolute Gasteiger partial charge is 0.485 e. The third kappa shape index (κ3) is 2.22. The zero-order valence-corrected chi connectivity index (χ0v) is 9.87. The molecule has 18 heavy (non-hydrogen) atoms.